The van der Waals surface area contributed by atoms with E-state index in [1.807, 2.05) is 0 Å². The molecule has 0 heterocycles. The monoisotopic (exact) mass is 253 g/mol. The molecule has 1 unspecified atom stereocenters. The van der Waals surface area contributed by atoms with Crippen molar-refractivity contribution >= 4 is 12.4 Å². The van der Waals surface area contributed by atoms with Crippen LogP contribution in [0.5, 0.6) is 0 Å². The minimum atomic E-state index is 0. The van der Waals surface area contributed by atoms with Crippen molar-refractivity contribution in [2.24, 2.45) is 5.41 Å². The molecule has 1 N–H and O–H groups in total. The van der Waals surface area contributed by atoms with Crippen LogP contribution in [0, 0.1) is 5.41 Å². The Balaban J connectivity index is 0.00000144. The third-order valence-corrected chi connectivity index (χ3v) is 3.95. The summed E-state index contributed by atoms with van der Waals surface area (Å²) in [5, 5.41) is 3.73. The third-order valence-electron chi connectivity index (χ3n) is 3.95. The van der Waals surface area contributed by atoms with Crippen LogP contribution in [0.4, 0.5) is 0 Å². The molecule has 1 aliphatic rings. The molecule has 0 radical (unpaired) electrons. The first-order valence-electron chi connectivity index (χ1n) is 6.52. The maximum atomic E-state index is 3.73. The summed E-state index contributed by atoms with van der Waals surface area (Å²) < 4.78 is 0. The van der Waals surface area contributed by atoms with Gasteiger partial charge in [0.2, 0.25) is 0 Å². The highest BCUT2D eigenvalue weighted by molar-refractivity contribution is 5.85. The molecule has 1 atom stereocenters. The second kappa shape index (κ2) is 6.42. The molecule has 1 aliphatic carbocycles. The lowest BCUT2D eigenvalue weighted by Gasteiger charge is -2.39. The molecule has 0 bridgehead atoms. The van der Waals surface area contributed by atoms with Crippen molar-refractivity contribution in [3.63, 3.8) is 0 Å². The fourth-order valence-electron chi connectivity index (χ4n) is 2.51. The van der Waals surface area contributed by atoms with E-state index in [2.05, 4.69) is 49.5 Å². The summed E-state index contributed by atoms with van der Waals surface area (Å²) in [6.45, 7) is 5.83. The summed E-state index contributed by atoms with van der Waals surface area (Å²) in [5.74, 6) is 0. The van der Waals surface area contributed by atoms with Crippen molar-refractivity contribution in [1.29, 1.82) is 0 Å². The SMILES string of the molecule is CCC(NCC1(C)CCC1)c1ccccc1.Cl. The van der Waals surface area contributed by atoms with Gasteiger partial charge in [-0.2, -0.15) is 0 Å². The Morgan fingerprint density at radius 1 is 1.24 bits per heavy atom. The number of benzene rings is 1. The van der Waals surface area contributed by atoms with Crippen LogP contribution in [0.15, 0.2) is 30.3 Å². The average molecular weight is 254 g/mol. The van der Waals surface area contributed by atoms with E-state index in [9.17, 15) is 0 Å². The van der Waals surface area contributed by atoms with Gasteiger partial charge in [0.25, 0.3) is 0 Å². The third kappa shape index (κ3) is 3.72. The van der Waals surface area contributed by atoms with Crippen LogP contribution in [0.1, 0.15) is 51.1 Å². The summed E-state index contributed by atoms with van der Waals surface area (Å²) in [7, 11) is 0. The second-order valence-corrected chi connectivity index (χ2v) is 5.42. The van der Waals surface area contributed by atoms with Gasteiger partial charge < -0.3 is 5.32 Å². The number of nitrogens with one attached hydrogen (secondary N) is 1. The van der Waals surface area contributed by atoms with Gasteiger partial charge in [0.05, 0.1) is 0 Å². The molecule has 0 saturated heterocycles. The van der Waals surface area contributed by atoms with Gasteiger partial charge in [-0.1, -0.05) is 50.6 Å². The van der Waals surface area contributed by atoms with Crippen LogP contribution in [-0.2, 0) is 0 Å². The highest BCUT2D eigenvalue weighted by Crippen LogP contribution is 2.40. The summed E-state index contributed by atoms with van der Waals surface area (Å²) in [6.07, 6.45) is 5.37. The summed E-state index contributed by atoms with van der Waals surface area (Å²) in [5.41, 5.74) is 2.00. The molecule has 17 heavy (non-hydrogen) atoms. The maximum Gasteiger partial charge on any atom is 0.0317 e. The number of hydrogen-bond donors (Lipinski definition) is 1. The van der Waals surface area contributed by atoms with Crippen molar-refractivity contribution in [2.75, 3.05) is 6.54 Å². The van der Waals surface area contributed by atoms with Gasteiger partial charge in [-0.25, -0.2) is 0 Å². The van der Waals surface area contributed by atoms with Crippen LogP contribution in [-0.4, -0.2) is 6.54 Å². The number of rotatable bonds is 5. The topological polar surface area (TPSA) is 12.0 Å². The Bertz CT molecular complexity index is 319. The fourth-order valence-corrected chi connectivity index (χ4v) is 2.51. The van der Waals surface area contributed by atoms with Gasteiger partial charge >= 0.3 is 0 Å². The quantitative estimate of drug-likeness (QED) is 0.823. The molecule has 1 fully saturated rings. The molecule has 0 aliphatic heterocycles. The zero-order valence-corrected chi connectivity index (χ0v) is 11.7. The van der Waals surface area contributed by atoms with Crippen LogP contribution < -0.4 is 5.32 Å². The molecule has 0 amide bonds. The Labute approximate surface area is 111 Å². The summed E-state index contributed by atoms with van der Waals surface area (Å²) >= 11 is 0. The van der Waals surface area contributed by atoms with Gasteiger partial charge in [0.15, 0.2) is 0 Å². The lowest BCUT2D eigenvalue weighted by atomic mass is 9.70. The molecule has 1 saturated carbocycles. The predicted octanol–water partition coefficient (Wildman–Crippen LogP) is 4.34. The molecule has 96 valence electrons. The Morgan fingerprint density at radius 2 is 1.88 bits per heavy atom. The minimum Gasteiger partial charge on any atom is -0.309 e. The molecule has 0 aromatic heterocycles. The van der Waals surface area contributed by atoms with E-state index < -0.39 is 0 Å². The highest BCUT2D eigenvalue weighted by Gasteiger charge is 2.31. The Kier molecular flexibility index (Phi) is 5.48. The van der Waals surface area contributed by atoms with E-state index in [0.29, 0.717) is 11.5 Å². The van der Waals surface area contributed by atoms with Gasteiger partial charge in [-0.15, -0.1) is 12.4 Å². The van der Waals surface area contributed by atoms with E-state index >= 15 is 0 Å². The normalized spacial score (nSPS) is 18.9. The first-order valence-corrected chi connectivity index (χ1v) is 6.52. The minimum absolute atomic E-state index is 0. The molecule has 1 aromatic rings. The van der Waals surface area contributed by atoms with Crippen molar-refractivity contribution in [1.82, 2.24) is 5.32 Å². The molecule has 2 rings (SSSR count). The molecular weight excluding hydrogens is 230 g/mol. The van der Waals surface area contributed by atoms with Crippen LogP contribution in [0.2, 0.25) is 0 Å². The van der Waals surface area contributed by atoms with E-state index in [1.165, 1.54) is 37.8 Å². The zero-order chi connectivity index (χ0) is 11.4. The molecular formula is C15H24ClN. The lowest BCUT2D eigenvalue weighted by molar-refractivity contribution is 0.150. The number of halogens is 1. The molecule has 0 spiro atoms. The van der Waals surface area contributed by atoms with E-state index in [-0.39, 0.29) is 12.4 Å². The summed E-state index contributed by atoms with van der Waals surface area (Å²) in [6, 6.07) is 11.3. The highest BCUT2D eigenvalue weighted by atomic mass is 35.5. The Hall–Kier alpha value is -0.530. The van der Waals surface area contributed by atoms with Crippen molar-refractivity contribution in [3.8, 4) is 0 Å². The van der Waals surface area contributed by atoms with E-state index in [0.717, 1.165) is 0 Å². The largest absolute Gasteiger partial charge is 0.309 e. The fraction of sp³-hybridized carbons (Fsp3) is 0.600. The van der Waals surface area contributed by atoms with Crippen molar-refractivity contribution in [2.45, 2.75) is 45.6 Å². The lowest BCUT2D eigenvalue weighted by Crippen LogP contribution is -2.38. The van der Waals surface area contributed by atoms with Crippen molar-refractivity contribution in [3.05, 3.63) is 35.9 Å². The van der Waals surface area contributed by atoms with Gasteiger partial charge in [-0.05, 0) is 30.2 Å². The Morgan fingerprint density at radius 3 is 2.35 bits per heavy atom. The van der Waals surface area contributed by atoms with E-state index in [1.54, 1.807) is 0 Å². The van der Waals surface area contributed by atoms with Gasteiger partial charge in [-0.3, -0.25) is 0 Å². The van der Waals surface area contributed by atoms with Gasteiger partial charge in [0, 0.05) is 12.6 Å². The molecule has 1 aromatic carbocycles. The molecule has 1 nitrogen and oxygen atoms in total. The van der Waals surface area contributed by atoms with Crippen LogP contribution >= 0.6 is 12.4 Å². The maximum absolute atomic E-state index is 3.73. The van der Waals surface area contributed by atoms with E-state index in [4.69, 9.17) is 0 Å². The zero-order valence-electron chi connectivity index (χ0n) is 10.9. The predicted molar refractivity (Wildman–Crippen MR) is 76.7 cm³/mol. The average Bonchev–Trinajstić information content (AvgIpc) is 2.29. The molecule has 2 heteroatoms. The van der Waals surface area contributed by atoms with Crippen LogP contribution in [0.25, 0.3) is 0 Å². The summed E-state index contributed by atoms with van der Waals surface area (Å²) in [4.78, 5) is 0. The van der Waals surface area contributed by atoms with Gasteiger partial charge in [0.1, 0.15) is 0 Å². The van der Waals surface area contributed by atoms with Crippen LogP contribution in [0.3, 0.4) is 0 Å². The van der Waals surface area contributed by atoms with Crippen molar-refractivity contribution < 1.29 is 0 Å². The first kappa shape index (κ1) is 14.5. The standard InChI is InChI=1S/C15H23N.ClH/c1-3-14(13-8-5-4-6-9-13)16-12-15(2)10-7-11-15;/h4-6,8-9,14,16H,3,7,10-12H2,1-2H3;1H. The number of hydrogen-bond acceptors (Lipinski definition) is 1. The smallest absolute Gasteiger partial charge is 0.0317 e. The first-order chi connectivity index (χ1) is 7.73. The second-order valence-electron chi connectivity index (χ2n) is 5.42.